The van der Waals surface area contributed by atoms with Crippen molar-refractivity contribution < 1.29 is 33.3 Å². The smallest absolute Gasteiger partial charge is 0.312 e. The van der Waals surface area contributed by atoms with Crippen LogP contribution in [0.2, 0.25) is 0 Å². The monoisotopic (exact) mass is 364 g/mol. The first-order chi connectivity index (χ1) is 11.8. The van der Waals surface area contributed by atoms with E-state index in [2.05, 4.69) is 5.32 Å². The zero-order valence-corrected chi connectivity index (χ0v) is 15.5. The fourth-order valence-corrected chi connectivity index (χ4v) is 1.56. The third-order valence-electron chi connectivity index (χ3n) is 2.53. The highest BCUT2D eigenvalue weighted by molar-refractivity contribution is 5.71. The molecule has 0 aromatic heterocycles. The minimum Gasteiger partial charge on any atom is -0.460 e. The Morgan fingerprint density at radius 1 is 0.800 bits per heavy atom. The highest BCUT2D eigenvalue weighted by Crippen LogP contribution is 2.07. The van der Waals surface area contributed by atoms with Gasteiger partial charge in [0.2, 0.25) is 0 Å². The number of nitrogens with one attached hydrogen (secondary N) is 1. The molecule has 9 heteroatoms. The Morgan fingerprint density at radius 2 is 1.24 bits per heavy atom. The second kappa shape index (κ2) is 14.9. The Balaban J connectivity index is 3.17. The van der Waals surface area contributed by atoms with Gasteiger partial charge in [0.1, 0.15) is 5.60 Å². The van der Waals surface area contributed by atoms with E-state index in [0.717, 1.165) is 0 Å². The summed E-state index contributed by atoms with van der Waals surface area (Å²) in [6, 6.07) is -0.564. The van der Waals surface area contributed by atoms with Crippen molar-refractivity contribution >= 4 is 12.0 Å². The molecule has 0 saturated heterocycles. The van der Waals surface area contributed by atoms with Crippen molar-refractivity contribution in [2.75, 3.05) is 59.4 Å². The summed E-state index contributed by atoms with van der Waals surface area (Å²) < 4.78 is 26.3. The maximum atomic E-state index is 11.4. The molecule has 0 aromatic rings. The minimum atomic E-state index is -0.564. The lowest BCUT2D eigenvalue weighted by molar-refractivity contribution is -0.156. The van der Waals surface area contributed by atoms with E-state index >= 15 is 0 Å². The van der Waals surface area contributed by atoms with Crippen LogP contribution in [-0.2, 0) is 28.5 Å². The average Bonchev–Trinajstić information content (AvgIpc) is 2.49. The van der Waals surface area contributed by atoms with Crippen molar-refractivity contribution in [1.29, 1.82) is 0 Å². The molecule has 0 rings (SSSR count). The van der Waals surface area contributed by atoms with Crippen LogP contribution in [0.25, 0.3) is 0 Å². The highest BCUT2D eigenvalue weighted by Gasteiger charge is 2.15. The SMILES string of the molecule is CC(C)(C)OC(=O)CCOCCOCCOCCOCCNC(N)=O. The third kappa shape index (κ3) is 20.5. The number of ether oxygens (including phenoxy) is 5. The van der Waals surface area contributed by atoms with Crippen molar-refractivity contribution in [3.63, 3.8) is 0 Å². The van der Waals surface area contributed by atoms with E-state index in [0.29, 0.717) is 59.4 Å². The number of primary amides is 1. The number of rotatable bonds is 15. The van der Waals surface area contributed by atoms with Gasteiger partial charge in [-0.1, -0.05) is 0 Å². The molecule has 25 heavy (non-hydrogen) atoms. The fourth-order valence-electron chi connectivity index (χ4n) is 1.56. The standard InChI is InChI=1S/C16H32N2O7/c1-16(2,3)25-14(19)4-6-21-8-10-23-12-13-24-11-9-22-7-5-18-15(17)20/h4-13H2,1-3H3,(H3,17,18,20). The lowest BCUT2D eigenvalue weighted by Crippen LogP contribution is -2.32. The van der Waals surface area contributed by atoms with Gasteiger partial charge in [-0.25, -0.2) is 4.79 Å². The molecule has 0 aliphatic heterocycles. The molecule has 0 radical (unpaired) electrons. The summed E-state index contributed by atoms with van der Waals surface area (Å²) in [7, 11) is 0. The summed E-state index contributed by atoms with van der Waals surface area (Å²) in [6.07, 6.45) is 0.231. The van der Waals surface area contributed by atoms with Gasteiger partial charge in [-0.05, 0) is 20.8 Å². The van der Waals surface area contributed by atoms with Gasteiger partial charge in [0.15, 0.2) is 0 Å². The lowest BCUT2D eigenvalue weighted by atomic mass is 10.2. The molecule has 0 aromatic carbocycles. The van der Waals surface area contributed by atoms with E-state index in [1.165, 1.54) is 0 Å². The largest absolute Gasteiger partial charge is 0.460 e. The number of carbonyl (C=O) groups is 2. The Kier molecular flexibility index (Phi) is 14.0. The molecule has 3 N–H and O–H groups in total. The van der Waals surface area contributed by atoms with E-state index in [1.807, 2.05) is 20.8 Å². The zero-order valence-electron chi connectivity index (χ0n) is 15.5. The van der Waals surface area contributed by atoms with Gasteiger partial charge in [-0.15, -0.1) is 0 Å². The minimum absolute atomic E-state index is 0.231. The van der Waals surface area contributed by atoms with E-state index in [4.69, 9.17) is 29.4 Å². The lowest BCUT2D eigenvalue weighted by Gasteiger charge is -2.19. The van der Waals surface area contributed by atoms with Crippen LogP contribution >= 0.6 is 0 Å². The molecule has 0 fully saturated rings. The first-order valence-electron chi connectivity index (χ1n) is 8.37. The van der Waals surface area contributed by atoms with Crippen LogP contribution in [0.5, 0.6) is 0 Å². The molecule has 0 spiro atoms. The summed E-state index contributed by atoms with van der Waals surface area (Å²) in [6.45, 7) is 9.23. The molecule has 148 valence electrons. The summed E-state index contributed by atoms with van der Waals surface area (Å²) >= 11 is 0. The molecule has 9 nitrogen and oxygen atoms in total. The van der Waals surface area contributed by atoms with E-state index < -0.39 is 11.6 Å². The Labute approximate surface area is 149 Å². The number of hydrogen-bond donors (Lipinski definition) is 2. The summed E-state index contributed by atoms with van der Waals surface area (Å²) in [4.78, 5) is 21.8. The number of esters is 1. The molecular formula is C16H32N2O7. The number of carbonyl (C=O) groups excluding carboxylic acids is 2. The van der Waals surface area contributed by atoms with Gasteiger partial charge in [0.05, 0.1) is 59.3 Å². The molecule has 0 bridgehead atoms. The number of amides is 2. The van der Waals surface area contributed by atoms with Crippen molar-refractivity contribution in [2.24, 2.45) is 5.73 Å². The Hall–Kier alpha value is -1.42. The van der Waals surface area contributed by atoms with Gasteiger partial charge >= 0.3 is 12.0 Å². The molecule has 0 heterocycles. The maximum absolute atomic E-state index is 11.4. The van der Waals surface area contributed by atoms with E-state index in [1.54, 1.807) is 0 Å². The summed E-state index contributed by atoms with van der Waals surface area (Å²) in [5.74, 6) is -0.269. The zero-order chi connectivity index (χ0) is 19.0. The van der Waals surface area contributed by atoms with Crippen LogP contribution in [0.3, 0.4) is 0 Å². The molecule has 2 amide bonds. The first-order valence-corrected chi connectivity index (χ1v) is 8.37. The van der Waals surface area contributed by atoms with Crippen molar-refractivity contribution in [3.05, 3.63) is 0 Å². The number of urea groups is 1. The Morgan fingerprint density at radius 3 is 1.68 bits per heavy atom. The first kappa shape index (κ1) is 23.6. The Bertz CT molecular complexity index is 359. The second-order valence-electron chi connectivity index (χ2n) is 6.08. The van der Waals surface area contributed by atoms with Gasteiger partial charge in [-0.2, -0.15) is 0 Å². The van der Waals surface area contributed by atoms with Crippen molar-refractivity contribution in [1.82, 2.24) is 5.32 Å². The number of nitrogens with two attached hydrogens (primary N) is 1. The summed E-state index contributed by atoms with van der Waals surface area (Å²) in [5, 5.41) is 2.42. The van der Waals surface area contributed by atoms with Gasteiger partial charge in [-0.3, -0.25) is 4.79 Å². The van der Waals surface area contributed by atoms with Gasteiger partial charge in [0.25, 0.3) is 0 Å². The van der Waals surface area contributed by atoms with Crippen LogP contribution in [0.4, 0.5) is 4.79 Å². The van der Waals surface area contributed by atoms with Crippen LogP contribution in [-0.4, -0.2) is 77.0 Å². The highest BCUT2D eigenvalue weighted by atomic mass is 16.6. The predicted molar refractivity (Wildman–Crippen MR) is 91.3 cm³/mol. The molecular weight excluding hydrogens is 332 g/mol. The molecule has 0 saturated carbocycles. The van der Waals surface area contributed by atoms with Crippen LogP contribution in [0.1, 0.15) is 27.2 Å². The second-order valence-corrected chi connectivity index (χ2v) is 6.08. The maximum Gasteiger partial charge on any atom is 0.312 e. The van der Waals surface area contributed by atoms with E-state index in [-0.39, 0.29) is 12.4 Å². The van der Waals surface area contributed by atoms with Crippen LogP contribution < -0.4 is 11.1 Å². The molecule has 0 atom stereocenters. The van der Waals surface area contributed by atoms with Crippen molar-refractivity contribution in [2.45, 2.75) is 32.8 Å². The average molecular weight is 364 g/mol. The van der Waals surface area contributed by atoms with Crippen LogP contribution in [0, 0.1) is 0 Å². The quantitative estimate of drug-likeness (QED) is 0.320. The van der Waals surface area contributed by atoms with E-state index in [9.17, 15) is 9.59 Å². The molecule has 0 unspecified atom stereocenters. The normalized spacial score (nSPS) is 11.3. The van der Waals surface area contributed by atoms with Crippen molar-refractivity contribution in [3.8, 4) is 0 Å². The fraction of sp³-hybridized carbons (Fsp3) is 0.875. The topological polar surface area (TPSA) is 118 Å². The summed E-state index contributed by atoms with van der Waals surface area (Å²) in [5.41, 5.74) is 4.43. The molecule has 0 aliphatic carbocycles. The predicted octanol–water partition coefficient (Wildman–Crippen LogP) is 0.453. The third-order valence-corrected chi connectivity index (χ3v) is 2.53. The van der Waals surface area contributed by atoms with Gasteiger partial charge in [0, 0.05) is 6.54 Å². The number of hydrogen-bond acceptors (Lipinski definition) is 7. The van der Waals surface area contributed by atoms with Gasteiger partial charge < -0.3 is 34.7 Å². The van der Waals surface area contributed by atoms with Crippen LogP contribution in [0.15, 0.2) is 0 Å². The molecule has 0 aliphatic rings.